The Morgan fingerprint density at radius 3 is 2.78 bits per heavy atom. The summed E-state index contributed by atoms with van der Waals surface area (Å²) in [6.45, 7) is 1.19. The lowest BCUT2D eigenvalue weighted by atomic mass is 10.0. The van der Waals surface area contributed by atoms with Crippen LogP contribution in [0.5, 0.6) is 0 Å². The predicted octanol–water partition coefficient (Wildman–Crippen LogP) is 0.0733. The highest BCUT2D eigenvalue weighted by atomic mass is 32.2. The second-order valence-corrected chi connectivity index (χ2v) is 9.98. The standard InChI is InChI=1S/C19H20N6O8S3/c1-8(26)33-24-11(10-7-36-18(20)22-10)14(27)23-12-15(28)25-13(17(29)30)9(6-35-16(12)25)2-4-34-5-3-32-19(21)31/h2,4,7,12,16H,3,5-6H2,1H3,(H2,20,22)(H2,21,31)(H,23,27)(H,29,30)/b4-2+,24-11?/t12-,16-/m1/s1. The highest BCUT2D eigenvalue weighted by Gasteiger charge is 2.54. The number of nitrogens with two attached hydrogens (primary N) is 2. The van der Waals surface area contributed by atoms with Crippen LogP contribution < -0.4 is 16.8 Å². The number of β-lactam (4-membered cyclic amide) rings is 1. The third-order valence-corrected chi connectivity index (χ3v) is 7.25. The number of thioether (sulfide) groups is 2. The number of hydrogen-bond acceptors (Lipinski definition) is 13. The van der Waals surface area contributed by atoms with Gasteiger partial charge in [0.15, 0.2) is 10.8 Å². The number of nitrogens with zero attached hydrogens (tertiary/aromatic N) is 3. The number of carboxylic acid groups (broad SMARTS) is 1. The smallest absolute Gasteiger partial charge is 0.404 e. The van der Waals surface area contributed by atoms with E-state index in [0.717, 1.165) is 23.2 Å². The van der Waals surface area contributed by atoms with Crippen molar-refractivity contribution in [3.8, 4) is 0 Å². The first-order valence-corrected chi connectivity index (χ1v) is 13.0. The van der Waals surface area contributed by atoms with Crippen molar-refractivity contribution >= 4 is 75.6 Å². The summed E-state index contributed by atoms with van der Waals surface area (Å²) >= 11 is 3.57. The topological polar surface area (TPSA) is 217 Å². The number of hydrogen-bond donors (Lipinski definition) is 4. The molecule has 6 N–H and O–H groups in total. The van der Waals surface area contributed by atoms with E-state index >= 15 is 0 Å². The van der Waals surface area contributed by atoms with Gasteiger partial charge in [0.1, 0.15) is 29.4 Å². The quantitative estimate of drug-likeness (QED) is 0.0990. The molecule has 0 aromatic carbocycles. The Morgan fingerprint density at radius 1 is 1.42 bits per heavy atom. The minimum atomic E-state index is -1.30. The molecule has 0 radical (unpaired) electrons. The van der Waals surface area contributed by atoms with E-state index < -0.39 is 41.3 Å². The molecule has 3 amide bonds. The van der Waals surface area contributed by atoms with Gasteiger partial charge in [0.05, 0.1) is 0 Å². The Kier molecular flexibility index (Phi) is 8.94. The summed E-state index contributed by atoms with van der Waals surface area (Å²) < 4.78 is 4.61. The molecule has 2 aliphatic rings. The molecule has 14 nitrogen and oxygen atoms in total. The molecule has 17 heteroatoms. The number of nitrogen functional groups attached to an aromatic ring is 1. The van der Waals surface area contributed by atoms with Gasteiger partial charge < -0.3 is 31.5 Å². The van der Waals surface area contributed by atoms with Gasteiger partial charge in [0.2, 0.25) is 0 Å². The second kappa shape index (κ2) is 11.9. The van der Waals surface area contributed by atoms with Crippen LogP contribution in [-0.4, -0.2) is 80.1 Å². The number of carbonyl (C=O) groups excluding carboxylic acids is 4. The molecular weight excluding hydrogens is 536 g/mol. The summed E-state index contributed by atoms with van der Waals surface area (Å²) in [5.74, 6) is -2.88. The van der Waals surface area contributed by atoms with E-state index in [-0.39, 0.29) is 34.6 Å². The molecule has 2 aliphatic heterocycles. The molecule has 3 heterocycles. The molecule has 0 spiro atoms. The van der Waals surface area contributed by atoms with Gasteiger partial charge in [0, 0.05) is 23.8 Å². The molecular formula is C19H20N6O8S3. The van der Waals surface area contributed by atoms with Crippen molar-refractivity contribution in [3.63, 3.8) is 0 Å². The maximum Gasteiger partial charge on any atom is 0.404 e. The van der Waals surface area contributed by atoms with Gasteiger partial charge in [-0.3, -0.25) is 14.5 Å². The van der Waals surface area contributed by atoms with Crippen LogP contribution in [0.1, 0.15) is 12.6 Å². The normalized spacial score (nSPS) is 19.5. The van der Waals surface area contributed by atoms with Crippen molar-refractivity contribution in [1.82, 2.24) is 15.2 Å². The number of carbonyl (C=O) groups is 5. The van der Waals surface area contributed by atoms with Gasteiger partial charge in [-0.15, -0.1) is 34.9 Å². The molecule has 0 aliphatic carbocycles. The lowest BCUT2D eigenvalue weighted by Crippen LogP contribution is -2.71. The van der Waals surface area contributed by atoms with E-state index in [1.807, 2.05) is 0 Å². The van der Waals surface area contributed by atoms with E-state index in [2.05, 4.69) is 25.0 Å². The molecule has 1 aromatic rings. The number of allylic oxidation sites excluding steroid dienone is 1. The van der Waals surface area contributed by atoms with Gasteiger partial charge in [0.25, 0.3) is 11.8 Å². The molecule has 192 valence electrons. The maximum atomic E-state index is 12.9. The van der Waals surface area contributed by atoms with E-state index in [9.17, 15) is 29.1 Å². The minimum Gasteiger partial charge on any atom is -0.477 e. The first-order valence-electron chi connectivity index (χ1n) is 9.99. The lowest BCUT2D eigenvalue weighted by Gasteiger charge is -2.49. The van der Waals surface area contributed by atoms with Crippen LogP contribution in [0, 0.1) is 0 Å². The largest absolute Gasteiger partial charge is 0.477 e. The van der Waals surface area contributed by atoms with Crippen molar-refractivity contribution in [2.75, 3.05) is 23.8 Å². The Morgan fingerprint density at radius 2 is 2.17 bits per heavy atom. The molecule has 1 aromatic heterocycles. The number of fused-ring (bicyclic) bond motifs is 1. The molecule has 2 atom stereocenters. The van der Waals surface area contributed by atoms with Gasteiger partial charge in [-0.2, -0.15) is 0 Å². The monoisotopic (exact) mass is 556 g/mol. The molecule has 1 saturated heterocycles. The van der Waals surface area contributed by atoms with Gasteiger partial charge in [-0.05, 0) is 17.1 Å². The van der Waals surface area contributed by atoms with Crippen molar-refractivity contribution < 1.29 is 38.7 Å². The van der Waals surface area contributed by atoms with Crippen LogP contribution in [0.2, 0.25) is 0 Å². The van der Waals surface area contributed by atoms with Crippen LogP contribution >= 0.6 is 34.9 Å². The Labute approximate surface area is 216 Å². The Hall–Kier alpha value is -3.57. The third kappa shape index (κ3) is 6.35. The minimum absolute atomic E-state index is 0.0495. The number of aliphatic carboxylic acids is 1. The van der Waals surface area contributed by atoms with Crippen LogP contribution in [0.4, 0.5) is 9.93 Å². The summed E-state index contributed by atoms with van der Waals surface area (Å²) in [6, 6.07) is -1.04. The van der Waals surface area contributed by atoms with Crippen LogP contribution in [0.3, 0.4) is 0 Å². The number of amides is 3. The lowest BCUT2D eigenvalue weighted by molar-refractivity contribution is -0.150. The molecule has 0 saturated carbocycles. The molecule has 3 rings (SSSR count). The first-order chi connectivity index (χ1) is 17.1. The van der Waals surface area contributed by atoms with Crippen molar-refractivity contribution in [1.29, 1.82) is 0 Å². The number of primary amides is 1. The van der Waals surface area contributed by atoms with Crippen molar-refractivity contribution in [3.05, 3.63) is 33.8 Å². The van der Waals surface area contributed by atoms with Gasteiger partial charge in [-0.25, -0.2) is 19.4 Å². The summed E-state index contributed by atoms with van der Waals surface area (Å²) in [7, 11) is 0. The van der Waals surface area contributed by atoms with Crippen LogP contribution in [0.15, 0.2) is 33.3 Å². The fourth-order valence-electron chi connectivity index (χ4n) is 3.08. The molecule has 0 bridgehead atoms. The molecule has 0 unspecified atom stereocenters. The van der Waals surface area contributed by atoms with Crippen LogP contribution in [-0.2, 0) is 28.8 Å². The number of aromatic nitrogens is 1. The third-order valence-electron chi connectivity index (χ3n) is 4.54. The average Bonchev–Trinajstić information content (AvgIpc) is 3.24. The number of carboxylic acids is 1. The zero-order valence-electron chi connectivity index (χ0n) is 18.5. The predicted molar refractivity (Wildman–Crippen MR) is 132 cm³/mol. The molecule has 36 heavy (non-hydrogen) atoms. The Bertz CT molecular complexity index is 1180. The number of anilines is 1. The number of thiazole rings is 1. The van der Waals surface area contributed by atoms with Crippen LogP contribution in [0.25, 0.3) is 0 Å². The van der Waals surface area contributed by atoms with E-state index in [0.29, 0.717) is 11.3 Å². The fourth-order valence-corrected chi connectivity index (χ4v) is 5.52. The zero-order valence-corrected chi connectivity index (χ0v) is 21.0. The summed E-state index contributed by atoms with van der Waals surface area (Å²) in [4.78, 5) is 69.0. The number of rotatable bonds is 10. The fraction of sp³-hybridized carbons (Fsp3) is 0.316. The highest BCUT2D eigenvalue weighted by Crippen LogP contribution is 2.40. The summed E-state index contributed by atoms with van der Waals surface area (Å²) in [6.07, 6.45) is 0.681. The van der Waals surface area contributed by atoms with Gasteiger partial charge >= 0.3 is 18.0 Å². The SMILES string of the molecule is CC(=O)ON=C(C(=O)N[C@@H]1C(=O)N2C(C(=O)O)=C(/C=C/SCCOC(N)=O)CS[C@H]12)c1csc(N)n1. The number of ether oxygens (including phenoxy) is 1. The number of oxime groups is 1. The zero-order chi connectivity index (χ0) is 26.4. The van der Waals surface area contributed by atoms with Gasteiger partial charge in [-0.1, -0.05) is 5.16 Å². The van der Waals surface area contributed by atoms with E-state index in [1.54, 1.807) is 11.5 Å². The second-order valence-electron chi connectivity index (χ2n) is 6.97. The number of nitrogens with one attached hydrogen (secondary N) is 1. The highest BCUT2D eigenvalue weighted by molar-refractivity contribution is 8.02. The maximum absolute atomic E-state index is 12.9. The van der Waals surface area contributed by atoms with E-state index in [4.69, 9.17) is 11.5 Å². The average molecular weight is 557 g/mol. The van der Waals surface area contributed by atoms with Crippen molar-refractivity contribution in [2.24, 2.45) is 10.9 Å². The van der Waals surface area contributed by atoms with E-state index in [1.165, 1.54) is 28.9 Å². The Balaban J connectivity index is 1.71. The molecule has 1 fully saturated rings. The van der Waals surface area contributed by atoms with Crippen molar-refractivity contribution in [2.45, 2.75) is 18.3 Å². The summed E-state index contributed by atoms with van der Waals surface area (Å²) in [5.41, 5.74) is 10.4. The first kappa shape index (κ1) is 27.0. The summed E-state index contributed by atoms with van der Waals surface area (Å²) in [5, 5.41) is 18.3.